The molecule has 1 N–H and O–H groups in total. The fraction of sp³-hybridized carbons (Fsp3) is 0.500. The molecule has 0 radical (unpaired) electrons. The van der Waals surface area contributed by atoms with E-state index in [-0.39, 0.29) is 11.8 Å². The van der Waals surface area contributed by atoms with Crippen molar-refractivity contribution in [2.45, 2.75) is 44.8 Å². The van der Waals surface area contributed by atoms with Crippen LogP contribution in [0.15, 0.2) is 42.7 Å². The molecule has 2 unspecified atom stereocenters. The zero-order valence-corrected chi connectivity index (χ0v) is 14.8. The summed E-state index contributed by atoms with van der Waals surface area (Å²) in [5.74, 6) is 1.31. The summed E-state index contributed by atoms with van der Waals surface area (Å²) in [6.07, 6.45) is 7.04. The second-order valence-electron chi connectivity index (χ2n) is 7.17. The normalized spacial score (nSPS) is 25.9. The Hall–Kier alpha value is -2.14. The Bertz CT molecular complexity index is 726. The third-order valence-electron chi connectivity index (χ3n) is 5.78. The number of rotatable bonds is 5. The van der Waals surface area contributed by atoms with Gasteiger partial charge < -0.3 is 9.88 Å². The number of benzene rings is 1. The van der Waals surface area contributed by atoms with E-state index in [9.17, 15) is 4.79 Å². The summed E-state index contributed by atoms with van der Waals surface area (Å²) in [5.41, 5.74) is 1.35. The Morgan fingerprint density at radius 1 is 1.32 bits per heavy atom. The Kier molecular flexibility index (Phi) is 4.57. The number of nitrogens with zero attached hydrogens (tertiary/aromatic N) is 3. The maximum absolute atomic E-state index is 12.8. The van der Waals surface area contributed by atoms with Gasteiger partial charge in [-0.1, -0.05) is 30.3 Å². The fourth-order valence-electron chi connectivity index (χ4n) is 4.52. The molecule has 2 aliphatic heterocycles. The van der Waals surface area contributed by atoms with Crippen molar-refractivity contribution in [1.82, 2.24) is 19.8 Å². The van der Waals surface area contributed by atoms with Gasteiger partial charge in [-0.05, 0) is 38.3 Å². The third-order valence-corrected chi connectivity index (χ3v) is 5.78. The van der Waals surface area contributed by atoms with Crippen LogP contribution >= 0.6 is 0 Å². The third kappa shape index (κ3) is 3.21. The second kappa shape index (κ2) is 7.00. The largest absolute Gasteiger partial charge is 0.354 e. The zero-order valence-electron chi connectivity index (χ0n) is 14.8. The lowest BCUT2D eigenvalue weighted by Crippen LogP contribution is -2.38. The van der Waals surface area contributed by atoms with Crippen LogP contribution in [0.25, 0.3) is 0 Å². The van der Waals surface area contributed by atoms with Crippen molar-refractivity contribution in [1.29, 1.82) is 0 Å². The number of aryl methyl sites for hydroxylation is 1. The number of amides is 1. The predicted molar refractivity (Wildman–Crippen MR) is 97.0 cm³/mol. The Morgan fingerprint density at radius 3 is 2.92 bits per heavy atom. The Balaban J connectivity index is 1.40. The van der Waals surface area contributed by atoms with E-state index in [1.165, 1.54) is 12.0 Å². The van der Waals surface area contributed by atoms with Crippen LogP contribution in [0, 0.1) is 12.8 Å². The van der Waals surface area contributed by atoms with Crippen molar-refractivity contribution in [3.05, 3.63) is 54.1 Å². The molecule has 132 valence electrons. The molecule has 3 atom stereocenters. The molecule has 2 aromatic rings. The van der Waals surface area contributed by atoms with E-state index in [4.69, 9.17) is 0 Å². The van der Waals surface area contributed by atoms with Crippen molar-refractivity contribution in [3.63, 3.8) is 0 Å². The van der Waals surface area contributed by atoms with E-state index < -0.39 is 0 Å². The molecule has 0 aliphatic carbocycles. The van der Waals surface area contributed by atoms with E-state index in [1.807, 2.05) is 13.1 Å². The first-order valence-corrected chi connectivity index (χ1v) is 9.30. The van der Waals surface area contributed by atoms with E-state index in [0.29, 0.717) is 18.6 Å². The van der Waals surface area contributed by atoms with Crippen LogP contribution in [0.1, 0.15) is 36.7 Å². The molecular weight excluding hydrogens is 312 g/mol. The van der Waals surface area contributed by atoms with E-state index in [2.05, 4.69) is 50.1 Å². The monoisotopic (exact) mass is 338 g/mol. The number of nitrogens with one attached hydrogen (secondary N) is 1. The highest BCUT2D eigenvalue weighted by atomic mass is 16.2. The molecule has 2 aliphatic rings. The van der Waals surface area contributed by atoms with Crippen LogP contribution in [0.2, 0.25) is 0 Å². The van der Waals surface area contributed by atoms with Gasteiger partial charge in [0.15, 0.2) is 0 Å². The van der Waals surface area contributed by atoms with Gasteiger partial charge in [-0.2, -0.15) is 0 Å². The SMILES string of the molecule is Cc1nccn1CCNC(=O)C1CC(c2ccccc2)N2CCC[C@@H]12. The number of hydrogen-bond acceptors (Lipinski definition) is 3. The molecule has 0 saturated carbocycles. The quantitative estimate of drug-likeness (QED) is 0.911. The van der Waals surface area contributed by atoms with Crippen LogP contribution < -0.4 is 5.32 Å². The first kappa shape index (κ1) is 16.3. The Labute approximate surface area is 149 Å². The van der Waals surface area contributed by atoms with Crippen molar-refractivity contribution >= 4 is 5.91 Å². The average molecular weight is 338 g/mol. The molecule has 4 rings (SSSR count). The van der Waals surface area contributed by atoms with Crippen LogP contribution in [0.4, 0.5) is 0 Å². The predicted octanol–water partition coefficient (Wildman–Crippen LogP) is 2.53. The van der Waals surface area contributed by atoms with Gasteiger partial charge in [-0.25, -0.2) is 4.98 Å². The molecule has 1 aromatic heterocycles. The molecule has 3 heterocycles. The lowest BCUT2D eigenvalue weighted by molar-refractivity contribution is -0.125. The summed E-state index contributed by atoms with van der Waals surface area (Å²) in [4.78, 5) is 19.6. The summed E-state index contributed by atoms with van der Waals surface area (Å²) in [5, 5.41) is 3.16. The zero-order chi connectivity index (χ0) is 17.2. The first-order chi connectivity index (χ1) is 12.2. The lowest BCUT2D eigenvalue weighted by Gasteiger charge is -2.24. The molecule has 1 aromatic carbocycles. The number of carbonyl (C=O) groups excluding carboxylic acids is 1. The van der Waals surface area contributed by atoms with Crippen LogP contribution in [-0.4, -0.2) is 39.5 Å². The molecular formula is C20H26N4O. The summed E-state index contributed by atoms with van der Waals surface area (Å²) in [6.45, 7) is 4.54. The highest BCUT2D eigenvalue weighted by Gasteiger charge is 2.46. The molecule has 0 bridgehead atoms. The van der Waals surface area contributed by atoms with Crippen molar-refractivity contribution in [3.8, 4) is 0 Å². The molecule has 5 nitrogen and oxygen atoms in total. The summed E-state index contributed by atoms with van der Waals surface area (Å²) < 4.78 is 2.07. The van der Waals surface area contributed by atoms with Gasteiger partial charge in [0.05, 0.1) is 5.92 Å². The highest BCUT2D eigenvalue weighted by Crippen LogP contribution is 2.44. The Morgan fingerprint density at radius 2 is 2.16 bits per heavy atom. The second-order valence-corrected chi connectivity index (χ2v) is 7.17. The number of fused-ring (bicyclic) bond motifs is 1. The van der Waals surface area contributed by atoms with Gasteiger partial charge in [0.1, 0.15) is 5.82 Å². The molecule has 0 spiro atoms. The van der Waals surface area contributed by atoms with Gasteiger partial charge in [0, 0.05) is 37.6 Å². The molecule has 2 fully saturated rings. The maximum Gasteiger partial charge on any atom is 0.224 e. The van der Waals surface area contributed by atoms with Crippen LogP contribution in [0.3, 0.4) is 0 Å². The van der Waals surface area contributed by atoms with Crippen molar-refractivity contribution < 1.29 is 4.79 Å². The lowest BCUT2D eigenvalue weighted by atomic mass is 9.93. The number of hydrogen-bond donors (Lipinski definition) is 1. The van der Waals surface area contributed by atoms with Gasteiger partial charge >= 0.3 is 0 Å². The topological polar surface area (TPSA) is 50.2 Å². The van der Waals surface area contributed by atoms with Gasteiger partial charge in [-0.3, -0.25) is 9.69 Å². The fourth-order valence-corrected chi connectivity index (χ4v) is 4.52. The number of carbonyl (C=O) groups is 1. The van der Waals surface area contributed by atoms with Crippen LogP contribution in [-0.2, 0) is 11.3 Å². The van der Waals surface area contributed by atoms with E-state index in [0.717, 1.165) is 31.8 Å². The summed E-state index contributed by atoms with van der Waals surface area (Å²) in [6, 6.07) is 11.4. The van der Waals surface area contributed by atoms with Crippen molar-refractivity contribution in [2.75, 3.05) is 13.1 Å². The summed E-state index contributed by atoms with van der Waals surface area (Å²) in [7, 11) is 0. The molecule has 25 heavy (non-hydrogen) atoms. The molecule has 2 saturated heterocycles. The average Bonchev–Trinajstić information content (AvgIpc) is 3.32. The summed E-state index contributed by atoms with van der Waals surface area (Å²) >= 11 is 0. The maximum atomic E-state index is 12.8. The van der Waals surface area contributed by atoms with Crippen molar-refractivity contribution in [2.24, 2.45) is 5.92 Å². The minimum atomic E-state index is 0.108. The number of imidazole rings is 1. The van der Waals surface area contributed by atoms with E-state index in [1.54, 1.807) is 6.20 Å². The smallest absolute Gasteiger partial charge is 0.224 e. The first-order valence-electron chi connectivity index (χ1n) is 9.30. The number of aromatic nitrogens is 2. The standard InChI is InChI=1S/C20H26N4O/c1-15-21-9-12-23(15)13-10-22-20(25)17-14-19(16-6-3-2-4-7-16)24-11-5-8-18(17)24/h2-4,6-7,9,12,17-19H,5,8,10-11,13-14H2,1H3,(H,22,25)/t17?,18-,19?/m0/s1. The highest BCUT2D eigenvalue weighted by molar-refractivity contribution is 5.80. The minimum absolute atomic E-state index is 0.108. The van der Waals surface area contributed by atoms with E-state index >= 15 is 0 Å². The minimum Gasteiger partial charge on any atom is -0.354 e. The van der Waals surface area contributed by atoms with Gasteiger partial charge in [-0.15, -0.1) is 0 Å². The van der Waals surface area contributed by atoms with Crippen LogP contribution in [0.5, 0.6) is 0 Å². The van der Waals surface area contributed by atoms with Gasteiger partial charge in [0.25, 0.3) is 0 Å². The molecule has 1 amide bonds. The molecule has 5 heteroatoms. The van der Waals surface area contributed by atoms with Gasteiger partial charge in [0.2, 0.25) is 5.91 Å².